The lowest BCUT2D eigenvalue weighted by molar-refractivity contribution is -0.143. The number of ether oxygens (including phenoxy) is 1. The Hall–Kier alpha value is -0.176. The summed E-state index contributed by atoms with van der Waals surface area (Å²) in [5, 5.41) is 0.455. The van der Waals surface area contributed by atoms with Crippen molar-refractivity contribution in [1.82, 2.24) is 0 Å². The first kappa shape index (κ1) is 34.0. The fourth-order valence-corrected chi connectivity index (χ4v) is 9.50. The molecular weight excluding hydrogens is 505 g/mol. The molecule has 0 aromatic heterocycles. The average Bonchev–Trinajstić information content (AvgIpc) is 3.10. The van der Waals surface area contributed by atoms with Crippen LogP contribution in [0.4, 0.5) is 0 Å². The number of hydrogen-bond acceptors (Lipinski definition) is 4. The van der Waals surface area contributed by atoms with Crippen LogP contribution in [-0.4, -0.2) is 41.9 Å². The van der Waals surface area contributed by atoms with Crippen molar-refractivity contribution in [2.75, 3.05) is 13.2 Å². The maximum Gasteiger partial charge on any atom is 0.305 e. The fourth-order valence-electron chi connectivity index (χ4n) is 7.06. The highest BCUT2D eigenvalue weighted by atomic mass is 28.4. The summed E-state index contributed by atoms with van der Waals surface area (Å²) in [6.07, 6.45) is 10.3. The minimum Gasteiger partial charge on any atom is -0.466 e. The van der Waals surface area contributed by atoms with Crippen LogP contribution in [0.15, 0.2) is 0 Å². The Kier molecular flexibility index (Phi) is 11.1. The predicted molar refractivity (Wildman–Crippen MR) is 167 cm³/mol. The van der Waals surface area contributed by atoms with Crippen molar-refractivity contribution in [2.45, 2.75) is 162 Å². The molecule has 2 fully saturated rings. The average molecular weight is 569 g/mol. The van der Waals surface area contributed by atoms with Crippen molar-refractivity contribution < 1.29 is 18.4 Å². The third-order valence-electron chi connectivity index (χ3n) is 11.5. The molecule has 6 heteroatoms. The molecule has 0 radical (unpaired) electrons. The second-order valence-corrected chi connectivity index (χ2v) is 25.8. The van der Waals surface area contributed by atoms with E-state index >= 15 is 0 Å². The number of carbonyl (C=O) groups excluding carboxylic acids is 1. The van der Waals surface area contributed by atoms with Crippen LogP contribution in [-0.2, 0) is 18.4 Å². The summed E-state index contributed by atoms with van der Waals surface area (Å²) >= 11 is 0. The molecule has 5 atom stereocenters. The highest BCUT2D eigenvalue weighted by molar-refractivity contribution is 6.74. The van der Waals surface area contributed by atoms with E-state index in [0.29, 0.717) is 36.4 Å². The molecule has 0 saturated heterocycles. The number of carbonyl (C=O) groups is 1. The van der Waals surface area contributed by atoms with Crippen LogP contribution >= 0.6 is 0 Å². The molecule has 38 heavy (non-hydrogen) atoms. The summed E-state index contributed by atoms with van der Waals surface area (Å²) in [6.45, 7) is 31.9. The van der Waals surface area contributed by atoms with Crippen LogP contribution in [0.25, 0.3) is 0 Å². The van der Waals surface area contributed by atoms with E-state index in [0.717, 1.165) is 25.9 Å². The van der Waals surface area contributed by atoms with E-state index in [1.165, 1.54) is 32.1 Å². The molecule has 224 valence electrons. The Bertz CT molecular complexity index is 781. The molecule has 0 heterocycles. The Morgan fingerprint density at radius 3 is 2.05 bits per heavy atom. The van der Waals surface area contributed by atoms with Gasteiger partial charge >= 0.3 is 5.97 Å². The molecular formula is C32H64O4Si2. The molecule has 0 bridgehead atoms. The van der Waals surface area contributed by atoms with E-state index < -0.39 is 16.6 Å². The second kappa shape index (κ2) is 12.4. The van der Waals surface area contributed by atoms with Crippen LogP contribution in [0, 0.1) is 22.7 Å². The molecule has 2 rings (SSSR count). The molecule has 0 aliphatic heterocycles. The lowest BCUT2D eigenvalue weighted by atomic mass is 9.56. The van der Waals surface area contributed by atoms with E-state index in [1.54, 1.807) is 0 Å². The van der Waals surface area contributed by atoms with Gasteiger partial charge in [-0.1, -0.05) is 61.8 Å². The van der Waals surface area contributed by atoms with E-state index in [4.69, 9.17) is 13.6 Å². The van der Waals surface area contributed by atoms with Gasteiger partial charge in [0, 0.05) is 19.1 Å². The Morgan fingerprint density at radius 2 is 1.50 bits per heavy atom. The van der Waals surface area contributed by atoms with Crippen molar-refractivity contribution in [3.63, 3.8) is 0 Å². The summed E-state index contributed by atoms with van der Waals surface area (Å²) in [4.78, 5) is 12.2. The highest BCUT2D eigenvalue weighted by Gasteiger charge is 2.57. The monoisotopic (exact) mass is 568 g/mol. The summed E-state index contributed by atoms with van der Waals surface area (Å²) in [5.41, 5.74) is 0.443. The lowest BCUT2D eigenvalue weighted by Crippen LogP contribution is -2.51. The number of fused-ring (bicyclic) bond motifs is 1. The molecule has 2 aliphatic rings. The van der Waals surface area contributed by atoms with Gasteiger partial charge in [-0.05, 0) is 111 Å². The zero-order valence-corrected chi connectivity index (χ0v) is 29.6. The maximum atomic E-state index is 12.2. The van der Waals surface area contributed by atoms with Crippen molar-refractivity contribution in [1.29, 1.82) is 0 Å². The van der Waals surface area contributed by atoms with Crippen LogP contribution in [0.1, 0.15) is 120 Å². The maximum absolute atomic E-state index is 12.2. The predicted octanol–water partition coefficient (Wildman–Crippen LogP) is 9.74. The van der Waals surface area contributed by atoms with Gasteiger partial charge in [0.1, 0.15) is 0 Å². The van der Waals surface area contributed by atoms with Crippen molar-refractivity contribution in [2.24, 2.45) is 22.7 Å². The fraction of sp³-hybridized carbons (Fsp3) is 0.969. The lowest BCUT2D eigenvalue weighted by Gasteiger charge is -2.52. The van der Waals surface area contributed by atoms with Crippen LogP contribution in [0.3, 0.4) is 0 Å². The first-order chi connectivity index (χ1) is 17.2. The minimum absolute atomic E-state index is 0.0524. The zero-order chi connectivity index (χ0) is 29.2. The molecule has 2 saturated carbocycles. The largest absolute Gasteiger partial charge is 0.466 e. The van der Waals surface area contributed by atoms with Gasteiger partial charge in [0.2, 0.25) is 0 Å². The van der Waals surface area contributed by atoms with Gasteiger partial charge in [-0.25, -0.2) is 0 Å². The number of hydrogen-bond donors (Lipinski definition) is 0. The minimum atomic E-state index is -1.82. The normalized spacial score (nSPS) is 28.6. The van der Waals surface area contributed by atoms with Gasteiger partial charge in [-0.3, -0.25) is 4.79 Å². The van der Waals surface area contributed by atoms with Crippen LogP contribution in [0.2, 0.25) is 36.3 Å². The molecule has 0 aromatic carbocycles. The second-order valence-electron chi connectivity index (χ2n) is 16.2. The Morgan fingerprint density at radius 1 is 0.895 bits per heavy atom. The van der Waals surface area contributed by atoms with E-state index in [-0.39, 0.29) is 21.5 Å². The van der Waals surface area contributed by atoms with Crippen LogP contribution in [0.5, 0.6) is 0 Å². The zero-order valence-electron chi connectivity index (χ0n) is 27.6. The van der Waals surface area contributed by atoms with E-state index in [1.807, 2.05) is 6.92 Å². The van der Waals surface area contributed by atoms with Gasteiger partial charge < -0.3 is 13.6 Å². The summed E-state index contributed by atoms with van der Waals surface area (Å²) in [7, 11) is -3.62. The van der Waals surface area contributed by atoms with Gasteiger partial charge in [0.15, 0.2) is 16.6 Å². The summed E-state index contributed by atoms with van der Waals surface area (Å²) in [5.74, 6) is 1.22. The van der Waals surface area contributed by atoms with Crippen LogP contribution < -0.4 is 0 Å². The highest BCUT2D eigenvalue weighted by Crippen LogP contribution is 2.63. The number of esters is 1. The standard InChI is InChI=1S/C32H64O4Si2/c1-14-34-28(33)18-16-21-31(8,23-24-35-37(10,11)29(2,3)4)27-20-19-25-26(17-15-22-32(25,27)9)36-38(12,13)30(5,6)7/h25-27H,14-24H2,1-13H3/t25?,26-,27+,31?,32-/m0/s1. The number of rotatable bonds is 12. The Balaban J connectivity index is 2.26. The molecule has 0 amide bonds. The molecule has 4 nitrogen and oxygen atoms in total. The summed E-state index contributed by atoms with van der Waals surface area (Å²) in [6, 6.07) is 0. The molecule has 2 aliphatic carbocycles. The Labute approximate surface area is 239 Å². The van der Waals surface area contributed by atoms with Gasteiger partial charge in [-0.15, -0.1) is 0 Å². The smallest absolute Gasteiger partial charge is 0.305 e. The van der Waals surface area contributed by atoms with Crippen molar-refractivity contribution in [3.05, 3.63) is 0 Å². The van der Waals surface area contributed by atoms with Crippen molar-refractivity contribution >= 4 is 22.6 Å². The molecule has 0 aromatic rings. The quantitative estimate of drug-likeness (QED) is 0.174. The first-order valence-electron chi connectivity index (χ1n) is 15.7. The molecule has 2 unspecified atom stereocenters. The SMILES string of the molecule is CCOC(=O)CCCC(C)(CCO[Si](C)(C)C(C)(C)C)[C@H]1CCC2[C@@H](O[Si](C)(C)C(C)(C)C)CCC[C@@]21C. The van der Waals surface area contributed by atoms with Gasteiger partial charge in [0.25, 0.3) is 0 Å². The first-order valence-corrected chi connectivity index (χ1v) is 21.5. The van der Waals surface area contributed by atoms with E-state index in [9.17, 15) is 4.79 Å². The molecule has 0 spiro atoms. The topological polar surface area (TPSA) is 44.8 Å². The van der Waals surface area contributed by atoms with Crippen molar-refractivity contribution in [3.8, 4) is 0 Å². The van der Waals surface area contributed by atoms with Gasteiger partial charge in [0.05, 0.1) is 6.61 Å². The third-order valence-corrected chi connectivity index (χ3v) is 20.6. The van der Waals surface area contributed by atoms with Gasteiger partial charge in [-0.2, -0.15) is 0 Å². The van der Waals surface area contributed by atoms with E-state index in [2.05, 4.69) is 81.6 Å². The summed E-state index contributed by atoms with van der Waals surface area (Å²) < 4.78 is 19.1. The third kappa shape index (κ3) is 7.76. The molecule has 0 N–H and O–H groups in total.